The summed E-state index contributed by atoms with van der Waals surface area (Å²) < 4.78 is 35.4. The van der Waals surface area contributed by atoms with E-state index in [9.17, 15) is 13.7 Å². The summed E-state index contributed by atoms with van der Waals surface area (Å²) in [6.07, 6.45) is 1.07. The van der Waals surface area contributed by atoms with Crippen molar-refractivity contribution in [2.24, 2.45) is 0 Å². The van der Waals surface area contributed by atoms with E-state index in [4.69, 9.17) is 32.7 Å². The van der Waals surface area contributed by atoms with Gasteiger partial charge in [-0.25, -0.2) is 8.42 Å². The monoisotopic (exact) mass is 412 g/mol. The summed E-state index contributed by atoms with van der Waals surface area (Å²) in [6.45, 7) is 0. The smallest absolute Gasteiger partial charge is 0.218 e. The molecule has 0 saturated heterocycles. The predicted molar refractivity (Wildman–Crippen MR) is 101 cm³/mol. The first-order valence-electron chi connectivity index (χ1n) is 7.12. The van der Waals surface area contributed by atoms with E-state index < -0.39 is 14.7 Å². The Morgan fingerprint density at radius 3 is 2.27 bits per heavy atom. The highest BCUT2D eigenvalue weighted by atomic mass is 35.5. The first-order chi connectivity index (χ1) is 12.3. The summed E-state index contributed by atoms with van der Waals surface area (Å²) in [7, 11) is -1.10. The zero-order valence-electron chi connectivity index (χ0n) is 13.8. The van der Waals surface area contributed by atoms with Crippen LogP contribution in [0.2, 0.25) is 10.0 Å². The lowest BCUT2D eigenvalue weighted by Crippen LogP contribution is -2.06. The van der Waals surface area contributed by atoms with Gasteiger partial charge in [0, 0.05) is 17.3 Å². The van der Waals surface area contributed by atoms with E-state index in [0.29, 0.717) is 27.2 Å². The second-order valence-corrected chi connectivity index (χ2v) is 7.67. The van der Waals surface area contributed by atoms with Crippen LogP contribution in [0, 0.1) is 11.3 Å². The minimum atomic E-state index is -4.00. The Labute approximate surface area is 161 Å². The number of rotatable bonds is 6. The fourth-order valence-corrected chi connectivity index (χ4v) is 3.48. The van der Waals surface area contributed by atoms with E-state index in [1.54, 1.807) is 6.07 Å². The maximum atomic E-state index is 12.6. The zero-order valence-corrected chi connectivity index (χ0v) is 16.1. The molecular weight excluding hydrogens is 399 g/mol. The van der Waals surface area contributed by atoms with E-state index in [0.717, 1.165) is 6.20 Å². The number of allylic oxidation sites excluding steroid dienone is 1. The van der Waals surface area contributed by atoms with Gasteiger partial charge in [0.1, 0.15) is 17.6 Å². The molecule has 0 heterocycles. The van der Waals surface area contributed by atoms with Gasteiger partial charge in [0.15, 0.2) is 4.91 Å². The number of nitrogens with one attached hydrogen (secondary N) is 1. The minimum Gasteiger partial charge on any atom is -0.495 e. The van der Waals surface area contributed by atoms with Crippen LogP contribution in [-0.4, -0.2) is 22.6 Å². The second-order valence-electron chi connectivity index (χ2n) is 4.91. The molecular formula is C17H14Cl2N2O4S. The van der Waals surface area contributed by atoms with Crippen molar-refractivity contribution in [1.29, 1.82) is 5.26 Å². The van der Waals surface area contributed by atoms with Crippen LogP contribution >= 0.6 is 23.2 Å². The van der Waals surface area contributed by atoms with Crippen LogP contribution in [0.5, 0.6) is 11.5 Å². The van der Waals surface area contributed by atoms with Gasteiger partial charge in [0.2, 0.25) is 9.84 Å². The van der Waals surface area contributed by atoms with Crippen molar-refractivity contribution in [3.05, 3.63) is 57.5 Å². The van der Waals surface area contributed by atoms with Crippen molar-refractivity contribution >= 4 is 38.7 Å². The summed E-state index contributed by atoms with van der Waals surface area (Å²) in [6, 6.07) is 10.2. The Morgan fingerprint density at radius 2 is 1.73 bits per heavy atom. The summed E-state index contributed by atoms with van der Waals surface area (Å²) in [4.78, 5) is -0.523. The molecule has 1 N–H and O–H groups in total. The van der Waals surface area contributed by atoms with E-state index in [1.165, 1.54) is 50.6 Å². The van der Waals surface area contributed by atoms with Gasteiger partial charge in [-0.15, -0.1) is 0 Å². The van der Waals surface area contributed by atoms with Crippen molar-refractivity contribution in [2.75, 3.05) is 19.5 Å². The molecule has 6 nitrogen and oxygen atoms in total. The molecule has 0 aliphatic carbocycles. The number of hydrogen-bond donors (Lipinski definition) is 1. The van der Waals surface area contributed by atoms with Gasteiger partial charge in [0.05, 0.1) is 29.8 Å². The van der Waals surface area contributed by atoms with Gasteiger partial charge >= 0.3 is 0 Å². The molecule has 0 spiro atoms. The van der Waals surface area contributed by atoms with Crippen molar-refractivity contribution in [3.63, 3.8) is 0 Å². The van der Waals surface area contributed by atoms with E-state index in [1.807, 2.05) is 0 Å². The second kappa shape index (κ2) is 8.32. The highest BCUT2D eigenvalue weighted by Gasteiger charge is 2.21. The fraction of sp³-hybridized carbons (Fsp3) is 0.118. The number of sulfone groups is 1. The van der Waals surface area contributed by atoms with Crippen LogP contribution in [0.4, 0.5) is 5.69 Å². The topological polar surface area (TPSA) is 88.4 Å². The van der Waals surface area contributed by atoms with Gasteiger partial charge < -0.3 is 14.8 Å². The standard InChI is InChI=1S/C17H14Cl2N2O4S/c1-24-16-8-17(25-2)15(7-14(16)19)21-10-13(9-20)26(22,23)12-5-3-11(18)4-6-12/h3-8,10,21H,1-2H3/b13-10-. The maximum Gasteiger partial charge on any atom is 0.218 e. The first-order valence-corrected chi connectivity index (χ1v) is 9.36. The molecule has 2 aromatic rings. The number of nitrogens with zero attached hydrogens (tertiary/aromatic N) is 1. The predicted octanol–water partition coefficient (Wildman–Crippen LogP) is 4.26. The molecule has 0 aliphatic rings. The normalized spacial score (nSPS) is 11.6. The van der Waals surface area contributed by atoms with Crippen molar-refractivity contribution < 1.29 is 17.9 Å². The van der Waals surface area contributed by atoms with Crippen LogP contribution < -0.4 is 14.8 Å². The Hall–Kier alpha value is -2.40. The molecule has 2 aromatic carbocycles. The van der Waals surface area contributed by atoms with E-state index in [2.05, 4.69) is 5.32 Å². The van der Waals surface area contributed by atoms with Gasteiger partial charge in [-0.1, -0.05) is 23.2 Å². The summed E-state index contributed by atoms with van der Waals surface area (Å²) in [5.41, 5.74) is 0.373. The highest BCUT2D eigenvalue weighted by Crippen LogP contribution is 2.36. The van der Waals surface area contributed by atoms with Gasteiger partial charge in [-0.2, -0.15) is 5.26 Å². The average molecular weight is 413 g/mol. The SMILES string of the molecule is COc1cc(OC)c(N/C=C(/C#N)S(=O)(=O)c2ccc(Cl)cc2)cc1Cl. The molecule has 0 bridgehead atoms. The molecule has 2 rings (SSSR count). The number of hydrogen-bond acceptors (Lipinski definition) is 6. The quantitative estimate of drug-likeness (QED) is 0.712. The summed E-state index contributed by atoms with van der Waals surface area (Å²) >= 11 is 11.8. The Kier molecular flexibility index (Phi) is 6.37. The molecule has 136 valence electrons. The van der Waals surface area contributed by atoms with Crippen molar-refractivity contribution in [1.82, 2.24) is 0 Å². The third-order valence-electron chi connectivity index (χ3n) is 3.36. The molecule has 0 radical (unpaired) electrons. The Bertz CT molecular complexity index is 981. The Balaban J connectivity index is 2.40. The molecule has 0 fully saturated rings. The molecule has 0 unspecified atom stereocenters. The maximum absolute atomic E-state index is 12.6. The van der Waals surface area contributed by atoms with Crippen LogP contribution in [0.25, 0.3) is 0 Å². The fourth-order valence-electron chi connectivity index (χ4n) is 2.03. The van der Waals surface area contributed by atoms with Crippen molar-refractivity contribution in [2.45, 2.75) is 4.90 Å². The molecule has 26 heavy (non-hydrogen) atoms. The number of ether oxygens (including phenoxy) is 2. The lowest BCUT2D eigenvalue weighted by molar-refractivity contribution is 0.396. The van der Waals surface area contributed by atoms with Crippen LogP contribution in [0.15, 0.2) is 52.4 Å². The number of nitriles is 1. The van der Waals surface area contributed by atoms with Gasteiger partial charge in [0.25, 0.3) is 0 Å². The largest absolute Gasteiger partial charge is 0.495 e. The minimum absolute atomic E-state index is 0.0452. The van der Waals surface area contributed by atoms with Crippen molar-refractivity contribution in [3.8, 4) is 17.6 Å². The third kappa shape index (κ3) is 4.22. The highest BCUT2D eigenvalue weighted by molar-refractivity contribution is 7.95. The molecule has 0 aliphatic heterocycles. The van der Waals surface area contributed by atoms with E-state index >= 15 is 0 Å². The first kappa shape index (κ1) is 19.9. The number of halogens is 2. The van der Waals surface area contributed by atoms with Crippen LogP contribution in [0.1, 0.15) is 0 Å². The average Bonchev–Trinajstić information content (AvgIpc) is 2.62. The zero-order chi connectivity index (χ0) is 19.3. The Morgan fingerprint density at radius 1 is 1.12 bits per heavy atom. The van der Waals surface area contributed by atoms with Crippen LogP contribution in [-0.2, 0) is 9.84 Å². The molecule has 9 heteroatoms. The number of methoxy groups -OCH3 is 2. The number of benzene rings is 2. The summed E-state index contributed by atoms with van der Waals surface area (Å²) in [5.74, 6) is 0.760. The molecule has 0 aromatic heterocycles. The molecule has 0 amide bonds. The third-order valence-corrected chi connectivity index (χ3v) is 5.58. The molecule has 0 atom stereocenters. The van der Waals surface area contributed by atoms with E-state index in [-0.39, 0.29) is 4.90 Å². The van der Waals surface area contributed by atoms with Gasteiger partial charge in [-0.3, -0.25) is 0 Å². The summed E-state index contributed by atoms with van der Waals surface area (Å²) in [5, 5.41) is 12.7. The number of anilines is 1. The lowest BCUT2D eigenvalue weighted by atomic mass is 10.2. The molecule has 0 saturated carbocycles. The lowest BCUT2D eigenvalue weighted by Gasteiger charge is -2.12. The van der Waals surface area contributed by atoms with Crippen LogP contribution in [0.3, 0.4) is 0 Å². The van der Waals surface area contributed by atoms with Gasteiger partial charge in [-0.05, 0) is 30.3 Å².